The Hall–Kier alpha value is -2.30. The first-order valence-electron chi connectivity index (χ1n) is 7.20. The Morgan fingerprint density at radius 3 is 2.71 bits per heavy atom. The van der Waals surface area contributed by atoms with Gasteiger partial charge in [0.15, 0.2) is 0 Å². The monoisotopic (exact) mass is 286 g/mol. The molecule has 1 aromatic heterocycles. The number of nitrogens with one attached hydrogen (secondary N) is 2. The zero-order valence-electron chi connectivity index (χ0n) is 11.7. The summed E-state index contributed by atoms with van der Waals surface area (Å²) < 4.78 is 0. The van der Waals surface area contributed by atoms with Crippen LogP contribution >= 0.6 is 0 Å². The van der Waals surface area contributed by atoms with Gasteiger partial charge in [0.05, 0.1) is 5.41 Å². The SMILES string of the molecule is O=C(NCC1(C(=O)O)CCCC1)c1cccc2[nH]ccc12. The largest absolute Gasteiger partial charge is 0.481 e. The molecule has 1 aliphatic carbocycles. The fraction of sp³-hybridized carbons (Fsp3) is 0.375. The highest BCUT2D eigenvalue weighted by molar-refractivity contribution is 6.06. The number of aliphatic carboxylic acids is 1. The molecule has 0 radical (unpaired) electrons. The lowest BCUT2D eigenvalue weighted by atomic mass is 9.86. The normalized spacial score (nSPS) is 17.0. The summed E-state index contributed by atoms with van der Waals surface area (Å²) in [6, 6.07) is 7.33. The van der Waals surface area contributed by atoms with E-state index in [4.69, 9.17) is 0 Å². The van der Waals surface area contributed by atoms with Crippen LogP contribution in [0.15, 0.2) is 30.5 Å². The minimum atomic E-state index is -0.805. The number of hydrogen-bond acceptors (Lipinski definition) is 2. The molecule has 0 unspecified atom stereocenters. The summed E-state index contributed by atoms with van der Waals surface area (Å²) in [5.41, 5.74) is 0.686. The Balaban J connectivity index is 1.77. The third-order valence-electron chi connectivity index (χ3n) is 4.44. The molecule has 0 spiro atoms. The van der Waals surface area contributed by atoms with Crippen LogP contribution in [-0.2, 0) is 4.79 Å². The lowest BCUT2D eigenvalue weighted by molar-refractivity contribution is -0.148. The van der Waals surface area contributed by atoms with E-state index >= 15 is 0 Å². The second kappa shape index (κ2) is 5.24. The van der Waals surface area contributed by atoms with Crippen molar-refractivity contribution in [3.05, 3.63) is 36.0 Å². The molecule has 21 heavy (non-hydrogen) atoms. The van der Waals surface area contributed by atoms with E-state index < -0.39 is 11.4 Å². The van der Waals surface area contributed by atoms with Gasteiger partial charge in [-0.3, -0.25) is 9.59 Å². The number of hydrogen-bond donors (Lipinski definition) is 3. The smallest absolute Gasteiger partial charge is 0.311 e. The lowest BCUT2D eigenvalue weighted by Gasteiger charge is -2.24. The fourth-order valence-corrected chi connectivity index (χ4v) is 3.15. The van der Waals surface area contributed by atoms with Gasteiger partial charge in [0.2, 0.25) is 0 Å². The van der Waals surface area contributed by atoms with Crippen LogP contribution in [0, 0.1) is 5.41 Å². The van der Waals surface area contributed by atoms with Crippen molar-refractivity contribution in [2.45, 2.75) is 25.7 Å². The number of aromatic amines is 1. The topological polar surface area (TPSA) is 82.2 Å². The predicted octanol–water partition coefficient (Wildman–Crippen LogP) is 2.54. The highest BCUT2D eigenvalue weighted by Gasteiger charge is 2.41. The van der Waals surface area contributed by atoms with E-state index in [9.17, 15) is 14.7 Å². The van der Waals surface area contributed by atoms with E-state index in [0.29, 0.717) is 18.4 Å². The highest BCUT2D eigenvalue weighted by atomic mass is 16.4. The van der Waals surface area contributed by atoms with Gasteiger partial charge >= 0.3 is 5.97 Å². The van der Waals surface area contributed by atoms with Crippen LogP contribution in [0.1, 0.15) is 36.0 Å². The number of fused-ring (bicyclic) bond motifs is 1. The van der Waals surface area contributed by atoms with E-state index in [1.807, 2.05) is 18.2 Å². The molecule has 1 aromatic carbocycles. The Labute approximate surface area is 122 Å². The average Bonchev–Trinajstić information content (AvgIpc) is 3.13. The second-order valence-electron chi connectivity index (χ2n) is 5.72. The van der Waals surface area contributed by atoms with E-state index in [2.05, 4.69) is 10.3 Å². The number of carbonyl (C=O) groups excluding carboxylic acids is 1. The molecule has 0 aliphatic heterocycles. The van der Waals surface area contributed by atoms with Crippen LogP contribution in [0.3, 0.4) is 0 Å². The molecule has 1 amide bonds. The molecule has 3 rings (SSSR count). The molecule has 5 heteroatoms. The van der Waals surface area contributed by atoms with Crippen molar-refractivity contribution in [1.82, 2.24) is 10.3 Å². The summed E-state index contributed by atoms with van der Waals surface area (Å²) in [4.78, 5) is 26.9. The van der Waals surface area contributed by atoms with Gasteiger partial charge in [-0.2, -0.15) is 0 Å². The third-order valence-corrected chi connectivity index (χ3v) is 4.44. The van der Waals surface area contributed by atoms with Crippen molar-refractivity contribution in [1.29, 1.82) is 0 Å². The molecule has 3 N–H and O–H groups in total. The van der Waals surface area contributed by atoms with Gasteiger partial charge in [-0.05, 0) is 31.0 Å². The Kier molecular flexibility index (Phi) is 3.41. The summed E-state index contributed by atoms with van der Waals surface area (Å²) >= 11 is 0. The van der Waals surface area contributed by atoms with Gasteiger partial charge in [-0.25, -0.2) is 0 Å². The molecule has 1 fully saturated rings. The van der Waals surface area contributed by atoms with Gasteiger partial charge in [0.1, 0.15) is 0 Å². The molecule has 110 valence electrons. The molecule has 1 aliphatic rings. The maximum Gasteiger partial charge on any atom is 0.311 e. The van der Waals surface area contributed by atoms with Gasteiger partial charge in [0.25, 0.3) is 5.91 Å². The first kappa shape index (κ1) is 13.7. The summed E-state index contributed by atoms with van der Waals surface area (Å²) in [5, 5.41) is 13.1. The van der Waals surface area contributed by atoms with Gasteiger partial charge in [-0.15, -0.1) is 0 Å². The lowest BCUT2D eigenvalue weighted by Crippen LogP contribution is -2.41. The standard InChI is InChI=1S/C16H18N2O3/c19-14(12-4-3-5-13-11(12)6-9-17-13)18-10-16(15(20)21)7-1-2-8-16/h3-6,9,17H,1-2,7-8,10H2,(H,18,19)(H,20,21). The number of H-pyrrole nitrogens is 1. The number of carboxylic acid groups (broad SMARTS) is 1. The van der Waals surface area contributed by atoms with Crippen molar-refractivity contribution in [3.8, 4) is 0 Å². The molecule has 5 nitrogen and oxygen atoms in total. The van der Waals surface area contributed by atoms with Gasteiger partial charge in [-0.1, -0.05) is 18.9 Å². The minimum Gasteiger partial charge on any atom is -0.481 e. The number of carboxylic acids is 1. The van der Waals surface area contributed by atoms with E-state index in [-0.39, 0.29) is 12.5 Å². The van der Waals surface area contributed by atoms with Gasteiger partial charge in [0, 0.05) is 29.2 Å². The average molecular weight is 286 g/mol. The molecule has 1 saturated carbocycles. The van der Waals surface area contributed by atoms with Crippen molar-refractivity contribution in [2.24, 2.45) is 5.41 Å². The highest BCUT2D eigenvalue weighted by Crippen LogP contribution is 2.37. The van der Waals surface area contributed by atoms with Crippen molar-refractivity contribution in [2.75, 3.05) is 6.54 Å². The van der Waals surface area contributed by atoms with Crippen LogP contribution in [0.5, 0.6) is 0 Å². The number of amides is 1. The predicted molar refractivity (Wildman–Crippen MR) is 79.2 cm³/mol. The Morgan fingerprint density at radius 2 is 2.00 bits per heavy atom. The third kappa shape index (κ3) is 2.39. The summed E-state index contributed by atoms with van der Waals surface area (Å²) in [5.74, 6) is -1.02. The Bertz CT molecular complexity index is 684. The summed E-state index contributed by atoms with van der Waals surface area (Å²) in [7, 11) is 0. The molecule has 2 aromatic rings. The molecule has 0 atom stereocenters. The van der Waals surface area contributed by atoms with Gasteiger partial charge < -0.3 is 15.4 Å². The van der Waals surface area contributed by atoms with Crippen LogP contribution in [0.25, 0.3) is 10.9 Å². The second-order valence-corrected chi connectivity index (χ2v) is 5.72. The van der Waals surface area contributed by atoms with Crippen molar-refractivity contribution < 1.29 is 14.7 Å². The van der Waals surface area contributed by atoms with Crippen molar-refractivity contribution >= 4 is 22.8 Å². The quantitative estimate of drug-likeness (QED) is 0.807. The molecule has 1 heterocycles. The van der Waals surface area contributed by atoms with E-state index in [1.165, 1.54) is 0 Å². The van der Waals surface area contributed by atoms with Crippen LogP contribution < -0.4 is 5.32 Å². The fourth-order valence-electron chi connectivity index (χ4n) is 3.15. The molecule has 0 saturated heterocycles. The maximum atomic E-state index is 12.4. The molecular formula is C16H18N2O3. The Morgan fingerprint density at radius 1 is 1.24 bits per heavy atom. The van der Waals surface area contributed by atoms with Crippen LogP contribution in [-0.4, -0.2) is 28.5 Å². The number of aromatic nitrogens is 1. The van der Waals surface area contributed by atoms with Crippen molar-refractivity contribution in [3.63, 3.8) is 0 Å². The van der Waals surface area contributed by atoms with E-state index in [1.54, 1.807) is 12.3 Å². The molecular weight excluding hydrogens is 268 g/mol. The summed E-state index contributed by atoms with van der Waals surface area (Å²) in [6.45, 7) is 0.196. The summed E-state index contributed by atoms with van der Waals surface area (Å²) in [6.07, 6.45) is 4.89. The van der Waals surface area contributed by atoms with Crippen LogP contribution in [0.4, 0.5) is 0 Å². The first-order valence-corrected chi connectivity index (χ1v) is 7.20. The maximum absolute atomic E-state index is 12.4. The van der Waals surface area contributed by atoms with Crippen LogP contribution in [0.2, 0.25) is 0 Å². The number of rotatable bonds is 4. The number of carbonyl (C=O) groups is 2. The first-order chi connectivity index (χ1) is 10.1. The molecule has 0 bridgehead atoms. The minimum absolute atomic E-state index is 0.196. The zero-order chi connectivity index (χ0) is 14.9. The number of benzene rings is 1. The van der Waals surface area contributed by atoms with E-state index in [0.717, 1.165) is 23.7 Å². The zero-order valence-corrected chi connectivity index (χ0v) is 11.7.